The van der Waals surface area contributed by atoms with E-state index in [0.29, 0.717) is 46.6 Å². The van der Waals surface area contributed by atoms with Gasteiger partial charge in [-0.1, -0.05) is 41.9 Å². The van der Waals surface area contributed by atoms with E-state index < -0.39 is 10.0 Å². The predicted molar refractivity (Wildman–Crippen MR) is 140 cm³/mol. The summed E-state index contributed by atoms with van der Waals surface area (Å²) < 4.78 is 23.2. The van der Waals surface area contributed by atoms with Gasteiger partial charge in [-0.05, 0) is 18.2 Å². The molecule has 5 aromatic rings. The van der Waals surface area contributed by atoms with Crippen LogP contribution in [0.4, 0.5) is 11.5 Å². The Morgan fingerprint density at radius 1 is 0.972 bits per heavy atom. The number of H-pyrrole nitrogens is 1. The number of hydrogen-bond donors (Lipinski definition) is 4. The number of nitrogens with one attached hydrogen (secondary N) is 2. The van der Waals surface area contributed by atoms with E-state index in [-0.39, 0.29) is 4.90 Å². The summed E-state index contributed by atoms with van der Waals surface area (Å²) in [4.78, 5) is 13.4. The Hall–Kier alpha value is -4.06. The Labute approximate surface area is 211 Å². The smallest absolute Gasteiger partial charge is 0.239 e. The van der Waals surface area contributed by atoms with Crippen molar-refractivity contribution in [2.75, 3.05) is 17.6 Å². The van der Waals surface area contributed by atoms with Gasteiger partial charge in [0, 0.05) is 35.7 Å². The Kier molecular flexibility index (Phi) is 6.27. The van der Waals surface area contributed by atoms with E-state index in [4.69, 9.17) is 32.4 Å². The molecule has 0 aliphatic rings. The summed E-state index contributed by atoms with van der Waals surface area (Å²) in [6.07, 6.45) is 4.82. The lowest BCUT2D eigenvalue weighted by Crippen LogP contribution is -2.14. The maximum atomic E-state index is 11.6. The molecule has 5 rings (SSSR count). The highest BCUT2D eigenvalue weighted by atomic mass is 35.5. The summed E-state index contributed by atoms with van der Waals surface area (Å²) in [6.45, 7) is 0.403. The lowest BCUT2D eigenvalue weighted by atomic mass is 10.0. The maximum Gasteiger partial charge on any atom is 0.239 e. The van der Waals surface area contributed by atoms with Crippen LogP contribution in [0.5, 0.6) is 0 Å². The molecule has 0 aliphatic carbocycles. The van der Waals surface area contributed by atoms with Crippen LogP contribution in [0.25, 0.3) is 33.4 Å². The summed E-state index contributed by atoms with van der Waals surface area (Å²) in [6, 6.07) is 14.8. The molecular formula is C24H21ClN8O2S. The number of primary sulfonamides is 1. The number of nitrogens with two attached hydrogens (primary N) is 2. The number of fused-ring (bicyclic) bond motifs is 1. The first-order chi connectivity index (χ1) is 17.3. The van der Waals surface area contributed by atoms with Gasteiger partial charge in [0.05, 0.1) is 45.7 Å². The van der Waals surface area contributed by atoms with Gasteiger partial charge in [0.2, 0.25) is 10.0 Å². The molecule has 3 aromatic heterocycles. The average molecular weight is 521 g/mol. The molecule has 10 nitrogen and oxygen atoms in total. The number of pyridine rings is 1. The second-order valence-corrected chi connectivity index (χ2v) is 10.0. The third kappa shape index (κ3) is 4.85. The number of anilines is 2. The molecule has 0 saturated carbocycles. The van der Waals surface area contributed by atoms with Gasteiger partial charge >= 0.3 is 0 Å². The number of rotatable bonds is 7. The molecule has 0 aliphatic heterocycles. The quantitative estimate of drug-likeness (QED) is 0.252. The van der Waals surface area contributed by atoms with E-state index in [1.807, 2.05) is 42.5 Å². The number of aromatic nitrogens is 5. The zero-order valence-electron chi connectivity index (χ0n) is 18.8. The maximum absolute atomic E-state index is 11.6. The molecule has 2 aromatic carbocycles. The Morgan fingerprint density at radius 3 is 2.53 bits per heavy atom. The number of sulfonamides is 1. The van der Waals surface area contributed by atoms with Gasteiger partial charge in [0.1, 0.15) is 10.7 Å². The standard InChI is InChI=1S/C24H21ClN8O2S/c25-19-9-15(8-16-11-30-33-21(16)19)23-22(14-4-2-1-3-5-14)32-24(26)20(31-23)6-7-29-17-10-18(13-28-12-17)36(27,34)35/h1-5,8-13,29H,6-7H2,(H2,26,32)(H,30,33)(H2,27,34,35). The van der Waals surface area contributed by atoms with Crippen LogP contribution in [-0.4, -0.2) is 40.1 Å². The van der Waals surface area contributed by atoms with Crippen molar-refractivity contribution in [1.82, 2.24) is 25.1 Å². The molecule has 0 spiro atoms. The van der Waals surface area contributed by atoms with Crippen LogP contribution >= 0.6 is 11.6 Å². The first kappa shape index (κ1) is 23.7. The topological polar surface area (TPSA) is 166 Å². The van der Waals surface area contributed by atoms with E-state index in [1.54, 1.807) is 6.20 Å². The van der Waals surface area contributed by atoms with Crippen LogP contribution in [0.3, 0.4) is 0 Å². The Bertz CT molecular complexity index is 1670. The highest BCUT2D eigenvalue weighted by Gasteiger charge is 2.17. The van der Waals surface area contributed by atoms with E-state index >= 15 is 0 Å². The molecule has 0 saturated heterocycles. The fraction of sp³-hybridized carbons (Fsp3) is 0.0833. The van der Waals surface area contributed by atoms with Crippen molar-refractivity contribution in [3.63, 3.8) is 0 Å². The van der Waals surface area contributed by atoms with Crippen molar-refractivity contribution in [2.24, 2.45) is 5.14 Å². The van der Waals surface area contributed by atoms with Crippen LogP contribution in [0.15, 0.2) is 72.0 Å². The first-order valence-corrected chi connectivity index (χ1v) is 12.8. The van der Waals surface area contributed by atoms with Crippen LogP contribution in [-0.2, 0) is 16.4 Å². The van der Waals surface area contributed by atoms with Gasteiger partial charge in [0.15, 0.2) is 0 Å². The number of halogens is 1. The third-order valence-corrected chi connectivity index (χ3v) is 6.73. The number of nitrogens with zero attached hydrogens (tertiary/aromatic N) is 4. The van der Waals surface area contributed by atoms with Crippen molar-refractivity contribution in [1.29, 1.82) is 0 Å². The molecule has 6 N–H and O–H groups in total. The van der Waals surface area contributed by atoms with Crippen molar-refractivity contribution < 1.29 is 8.42 Å². The number of hydrogen-bond acceptors (Lipinski definition) is 8. The van der Waals surface area contributed by atoms with E-state index in [1.165, 1.54) is 18.5 Å². The fourth-order valence-corrected chi connectivity index (χ4v) is 4.58. The van der Waals surface area contributed by atoms with Gasteiger partial charge in [-0.3, -0.25) is 10.1 Å². The molecule has 0 amide bonds. The first-order valence-electron chi connectivity index (χ1n) is 10.9. The Balaban J connectivity index is 1.50. The summed E-state index contributed by atoms with van der Waals surface area (Å²) in [5, 5.41) is 16.7. The minimum atomic E-state index is -3.85. The molecule has 0 atom stereocenters. The summed E-state index contributed by atoms with van der Waals surface area (Å²) in [7, 11) is -3.85. The summed E-state index contributed by atoms with van der Waals surface area (Å²) >= 11 is 6.51. The van der Waals surface area contributed by atoms with Crippen LogP contribution in [0, 0.1) is 0 Å². The lowest BCUT2D eigenvalue weighted by molar-refractivity contribution is 0.597. The molecule has 0 fully saturated rings. The van der Waals surface area contributed by atoms with E-state index in [9.17, 15) is 8.42 Å². The highest BCUT2D eigenvalue weighted by Crippen LogP contribution is 2.35. The predicted octanol–water partition coefficient (Wildman–Crippen LogP) is 3.62. The van der Waals surface area contributed by atoms with Crippen molar-refractivity contribution in [3.8, 4) is 22.5 Å². The summed E-state index contributed by atoms with van der Waals surface area (Å²) in [5.41, 5.74) is 11.1. The molecular weight excluding hydrogens is 500 g/mol. The van der Waals surface area contributed by atoms with Crippen molar-refractivity contribution in [3.05, 3.63) is 77.8 Å². The van der Waals surface area contributed by atoms with Crippen molar-refractivity contribution >= 4 is 44.0 Å². The second-order valence-electron chi connectivity index (χ2n) is 8.04. The summed E-state index contributed by atoms with van der Waals surface area (Å²) in [5.74, 6) is 0.298. The minimum absolute atomic E-state index is 0.0761. The molecule has 36 heavy (non-hydrogen) atoms. The van der Waals surface area contributed by atoms with Gasteiger partial charge < -0.3 is 11.1 Å². The molecule has 0 unspecified atom stereocenters. The second kappa shape index (κ2) is 9.53. The van der Waals surface area contributed by atoms with E-state index in [2.05, 4.69) is 20.5 Å². The van der Waals surface area contributed by atoms with Gasteiger partial charge in [0.25, 0.3) is 0 Å². The van der Waals surface area contributed by atoms with Gasteiger partial charge in [-0.2, -0.15) is 5.10 Å². The largest absolute Gasteiger partial charge is 0.383 e. The highest BCUT2D eigenvalue weighted by molar-refractivity contribution is 7.89. The SMILES string of the molecule is Nc1nc(-c2ccccc2)c(-c2cc(Cl)c3[nH]ncc3c2)nc1CCNc1cncc(S(N)(=O)=O)c1. The molecule has 182 valence electrons. The zero-order chi connectivity index (χ0) is 25.3. The normalized spacial score (nSPS) is 11.6. The molecule has 12 heteroatoms. The number of nitrogen functional groups attached to an aromatic ring is 1. The average Bonchev–Trinajstić information content (AvgIpc) is 3.34. The lowest BCUT2D eigenvalue weighted by Gasteiger charge is -2.14. The van der Waals surface area contributed by atoms with Crippen LogP contribution in [0.1, 0.15) is 5.69 Å². The number of aromatic amines is 1. The molecule has 3 heterocycles. The fourth-order valence-electron chi connectivity index (χ4n) is 3.81. The monoisotopic (exact) mass is 520 g/mol. The van der Waals surface area contributed by atoms with Gasteiger partial charge in [-0.15, -0.1) is 0 Å². The van der Waals surface area contributed by atoms with Crippen LogP contribution in [0.2, 0.25) is 5.02 Å². The third-order valence-electron chi connectivity index (χ3n) is 5.55. The molecule has 0 bridgehead atoms. The van der Waals surface area contributed by atoms with Crippen molar-refractivity contribution in [2.45, 2.75) is 11.3 Å². The van der Waals surface area contributed by atoms with Gasteiger partial charge in [-0.25, -0.2) is 23.5 Å². The van der Waals surface area contributed by atoms with E-state index in [0.717, 1.165) is 22.0 Å². The number of benzene rings is 2. The zero-order valence-corrected chi connectivity index (χ0v) is 20.4. The Morgan fingerprint density at radius 2 is 1.75 bits per heavy atom. The molecule has 0 radical (unpaired) electrons. The van der Waals surface area contributed by atoms with Crippen LogP contribution < -0.4 is 16.2 Å². The minimum Gasteiger partial charge on any atom is -0.383 e.